The summed E-state index contributed by atoms with van der Waals surface area (Å²) < 4.78 is 46.7. The number of ether oxygens (including phenoxy) is 1. The molecule has 1 rings (SSSR count). The average molecular weight is 551 g/mol. The molecule has 196 valence electrons. The van der Waals surface area contributed by atoms with Gasteiger partial charge in [0.1, 0.15) is 31.5 Å². The Morgan fingerprint density at radius 1 is 1.09 bits per heavy atom. The van der Waals surface area contributed by atoms with E-state index < -0.39 is 79.2 Å². The lowest BCUT2D eigenvalue weighted by atomic mass is 10.1. The van der Waals surface area contributed by atoms with Gasteiger partial charge in [0.15, 0.2) is 0 Å². The van der Waals surface area contributed by atoms with Gasteiger partial charge < -0.3 is 65.2 Å². The van der Waals surface area contributed by atoms with Crippen molar-refractivity contribution in [3.63, 3.8) is 0 Å². The van der Waals surface area contributed by atoms with Crippen LogP contribution >= 0.6 is 23.4 Å². The Morgan fingerprint density at radius 2 is 1.58 bits per heavy atom. The number of carbonyl (C=O) groups is 1. The molecule has 0 aromatic rings. The van der Waals surface area contributed by atoms with Gasteiger partial charge in [0.25, 0.3) is 0 Å². The highest BCUT2D eigenvalue weighted by atomic mass is 31.2. The Kier molecular flexibility index (Phi) is 11.7. The molecule has 0 saturated carbocycles. The maximum atomic E-state index is 10.5. The van der Waals surface area contributed by atoms with E-state index in [2.05, 4.69) is 18.5 Å². The lowest BCUT2D eigenvalue weighted by Crippen LogP contribution is -2.46. The van der Waals surface area contributed by atoms with E-state index in [4.69, 9.17) is 40.2 Å². The number of hydrogen-bond donors (Lipinski definition) is 11. The van der Waals surface area contributed by atoms with Crippen LogP contribution in [0.2, 0.25) is 0 Å². The van der Waals surface area contributed by atoms with Crippen LogP contribution in [0.25, 0.3) is 0 Å². The van der Waals surface area contributed by atoms with Gasteiger partial charge in [-0.2, -0.15) is 0 Å². The zero-order valence-corrected chi connectivity index (χ0v) is 19.2. The number of aliphatic hydroxyl groups excluding tert-OH is 2. The van der Waals surface area contributed by atoms with Crippen molar-refractivity contribution in [2.24, 2.45) is 10.5 Å². The van der Waals surface area contributed by atoms with Crippen molar-refractivity contribution in [2.75, 3.05) is 26.8 Å². The summed E-state index contributed by atoms with van der Waals surface area (Å²) in [4.78, 5) is 61.6. The molecule has 23 heteroatoms. The number of carboxylic acids is 1. The Balaban J connectivity index is 0.000000684. The smallest absolute Gasteiger partial charge is 0.469 e. The van der Waals surface area contributed by atoms with E-state index in [9.17, 15) is 33.8 Å². The number of carboxylic acid groups (broad SMARTS) is 1. The van der Waals surface area contributed by atoms with Gasteiger partial charge in [-0.15, -0.1) is 4.76 Å². The number of nitrogens with zero attached hydrogens (tertiary/aromatic N) is 2. The van der Waals surface area contributed by atoms with Crippen LogP contribution in [0.3, 0.4) is 0 Å². The topological polar surface area (TPSA) is 340 Å². The largest absolute Gasteiger partial charge is 0.480 e. The van der Waals surface area contributed by atoms with Crippen molar-refractivity contribution in [2.45, 2.75) is 24.1 Å². The summed E-state index contributed by atoms with van der Waals surface area (Å²) >= 11 is 0. The van der Waals surface area contributed by atoms with Crippen molar-refractivity contribution in [3.8, 4) is 0 Å². The molecule has 0 spiro atoms. The number of likely N-dealkylation sites (N-methyl/N-ethyl adjacent to an activating group) is 1. The van der Waals surface area contributed by atoms with E-state index >= 15 is 0 Å². The summed E-state index contributed by atoms with van der Waals surface area (Å²) in [5.74, 6) is -4.36. The second-order valence-electron chi connectivity index (χ2n) is 6.21. The fourth-order valence-electron chi connectivity index (χ4n) is 1.96. The summed E-state index contributed by atoms with van der Waals surface area (Å²) in [6.07, 6.45) is -5.38. The van der Waals surface area contributed by atoms with Gasteiger partial charge in [-0.05, 0) is 0 Å². The number of rotatable bonds is 9. The first-order valence-electron chi connectivity index (χ1n) is 8.07. The monoisotopic (exact) mass is 551 g/mol. The normalized spacial score (nSPS) is 26.5. The van der Waals surface area contributed by atoms with E-state index in [0.29, 0.717) is 0 Å². The number of aliphatic carboxylic acids is 1. The molecule has 0 unspecified atom stereocenters. The minimum absolute atomic E-state index is 0.477. The van der Waals surface area contributed by atoms with Gasteiger partial charge >= 0.3 is 29.4 Å². The van der Waals surface area contributed by atoms with Gasteiger partial charge in [0, 0.05) is 7.05 Å². The Labute approximate surface area is 184 Å². The molecule has 1 fully saturated rings. The first-order chi connectivity index (χ1) is 14.6. The van der Waals surface area contributed by atoms with Gasteiger partial charge in [0.05, 0.1) is 6.61 Å². The second-order valence-corrected chi connectivity index (χ2v) is 9.91. The predicted molar refractivity (Wildman–Crippen MR) is 102 cm³/mol. The SMILES string of the molecule is CN(CC(=O)O)/C(N)=N/P(=O)(O)O.O=P(O)(O)OC[C@H]1O[C@](O)(COP(=O)(O)O)[C@@H](O)[C@@H]1O. The zero-order valence-electron chi connectivity index (χ0n) is 16.5. The molecule has 0 bridgehead atoms. The lowest BCUT2D eigenvalue weighted by Gasteiger charge is -2.25. The molecular formula is C10H24N3O17P3. The fourth-order valence-corrected chi connectivity index (χ4v) is 3.08. The van der Waals surface area contributed by atoms with Gasteiger partial charge in [0.2, 0.25) is 11.7 Å². The summed E-state index contributed by atoms with van der Waals surface area (Å²) in [5, 5.41) is 37.0. The molecule has 4 atom stereocenters. The molecular weight excluding hydrogens is 527 g/mol. The minimum Gasteiger partial charge on any atom is -0.480 e. The van der Waals surface area contributed by atoms with Crippen LogP contribution in [0.15, 0.2) is 4.76 Å². The van der Waals surface area contributed by atoms with Gasteiger partial charge in [-0.25, -0.2) is 13.7 Å². The summed E-state index contributed by atoms with van der Waals surface area (Å²) in [6, 6.07) is 0. The van der Waals surface area contributed by atoms with Crippen molar-refractivity contribution in [3.05, 3.63) is 0 Å². The quantitative estimate of drug-likeness (QED) is 0.0729. The van der Waals surface area contributed by atoms with E-state index in [1.807, 2.05) is 0 Å². The molecule has 33 heavy (non-hydrogen) atoms. The zero-order chi connectivity index (χ0) is 26.4. The molecule has 1 aliphatic rings. The fraction of sp³-hybridized carbons (Fsp3) is 0.800. The maximum absolute atomic E-state index is 10.5. The molecule has 0 aromatic carbocycles. The molecule has 20 nitrogen and oxygen atoms in total. The van der Waals surface area contributed by atoms with Crippen molar-refractivity contribution in [1.82, 2.24) is 4.90 Å². The third-order valence-electron chi connectivity index (χ3n) is 3.36. The first kappa shape index (κ1) is 31.9. The Morgan fingerprint density at radius 3 is 1.97 bits per heavy atom. The molecule has 1 heterocycles. The predicted octanol–water partition coefficient (Wildman–Crippen LogP) is -4.58. The summed E-state index contributed by atoms with van der Waals surface area (Å²) in [7, 11) is -13.2. The average Bonchev–Trinajstić information content (AvgIpc) is 2.80. The van der Waals surface area contributed by atoms with E-state index in [-0.39, 0.29) is 0 Å². The lowest BCUT2D eigenvalue weighted by molar-refractivity contribution is -0.245. The molecule has 0 aromatic heterocycles. The summed E-state index contributed by atoms with van der Waals surface area (Å²) in [5.41, 5.74) is 5.07. The Hall–Kier alpha value is -1.05. The van der Waals surface area contributed by atoms with Crippen molar-refractivity contribution < 1.29 is 82.1 Å². The van der Waals surface area contributed by atoms with E-state index in [1.165, 1.54) is 7.05 Å². The van der Waals surface area contributed by atoms with Gasteiger partial charge in [-0.1, -0.05) is 0 Å². The maximum Gasteiger partial charge on any atom is 0.469 e. The van der Waals surface area contributed by atoms with E-state index in [1.54, 1.807) is 0 Å². The number of aliphatic hydroxyl groups is 3. The third kappa shape index (κ3) is 13.4. The highest BCUT2D eigenvalue weighted by Crippen LogP contribution is 2.41. The number of nitrogens with two attached hydrogens (primary N) is 1. The number of phosphoric acid groups is 2. The van der Waals surface area contributed by atoms with Crippen LogP contribution in [0.4, 0.5) is 0 Å². The summed E-state index contributed by atoms with van der Waals surface area (Å²) in [6.45, 7) is -2.53. The Bertz CT molecular complexity index is 836. The van der Waals surface area contributed by atoms with Crippen LogP contribution in [0.5, 0.6) is 0 Å². The van der Waals surface area contributed by atoms with Crippen LogP contribution in [0, 0.1) is 0 Å². The molecule has 1 saturated heterocycles. The first-order valence-corrected chi connectivity index (χ1v) is 12.7. The van der Waals surface area contributed by atoms with Crippen LogP contribution in [0.1, 0.15) is 0 Å². The standard InChI is InChI=1S/C6H14O12P2.C4H10N3O5P/c7-4-3(1-16-19(10,11)12)18-6(9,5(4)8)2-17-20(13,14)15;1-7(2-3(8)9)4(5)6-13(10,11)12/h3-5,7-9H,1-2H2,(H2,10,11,12)(H2,13,14,15);2H2,1H3,(H,8,9)(H4,5,6,10,11,12)/t3-,4-,5+,6-;/m1./s1. The molecule has 0 radical (unpaired) electrons. The van der Waals surface area contributed by atoms with E-state index in [0.717, 1.165) is 4.90 Å². The van der Waals surface area contributed by atoms with Crippen LogP contribution < -0.4 is 5.73 Å². The molecule has 12 N–H and O–H groups in total. The highest BCUT2D eigenvalue weighted by Gasteiger charge is 2.54. The van der Waals surface area contributed by atoms with Gasteiger partial charge in [-0.3, -0.25) is 13.8 Å². The van der Waals surface area contributed by atoms with Crippen molar-refractivity contribution >= 4 is 35.3 Å². The molecule has 0 amide bonds. The number of hydrogen-bond acceptors (Lipinski definition) is 10. The molecule has 1 aliphatic heterocycles. The minimum atomic E-state index is -4.96. The van der Waals surface area contributed by atoms with Crippen molar-refractivity contribution in [1.29, 1.82) is 0 Å². The second kappa shape index (κ2) is 12.1. The van der Waals surface area contributed by atoms with Crippen LogP contribution in [-0.2, 0) is 32.3 Å². The highest BCUT2D eigenvalue weighted by molar-refractivity contribution is 7.50. The number of guanidine groups is 1. The molecule has 0 aliphatic carbocycles. The number of phosphoric ester groups is 2. The van der Waals surface area contributed by atoms with Crippen LogP contribution in [-0.4, -0.2) is 118 Å². The third-order valence-corrected chi connectivity index (χ3v) is 4.78.